The molecule has 3 fully saturated rings. The lowest BCUT2D eigenvalue weighted by atomic mass is 9.83. The maximum absolute atomic E-state index is 14.2. The molecule has 2 aliphatic carbocycles. The number of aliphatic hydroxyl groups is 1. The summed E-state index contributed by atoms with van der Waals surface area (Å²) in [4.78, 5) is 34.8. The third kappa shape index (κ3) is 5.56. The molecule has 2 N–H and O–H groups in total. The number of likely N-dealkylation sites (tertiary alicyclic amines) is 1. The summed E-state index contributed by atoms with van der Waals surface area (Å²) >= 11 is 1.61. The van der Waals surface area contributed by atoms with E-state index in [9.17, 15) is 14.7 Å². The van der Waals surface area contributed by atoms with Crippen molar-refractivity contribution in [3.05, 3.63) is 52.9 Å². The first-order valence-electron chi connectivity index (χ1n) is 14.6. The predicted octanol–water partition coefficient (Wildman–Crippen LogP) is 4.55. The molecule has 4 atom stereocenters. The van der Waals surface area contributed by atoms with Crippen molar-refractivity contribution in [1.82, 2.24) is 30.2 Å². The first-order valence-corrected chi connectivity index (χ1v) is 15.5. The van der Waals surface area contributed by atoms with Crippen molar-refractivity contribution in [3.63, 3.8) is 0 Å². The monoisotopic (exact) mass is 562 g/mol. The van der Waals surface area contributed by atoms with Gasteiger partial charge in [-0.25, -0.2) is 9.67 Å². The highest BCUT2D eigenvalue weighted by atomic mass is 32.1. The van der Waals surface area contributed by atoms with Crippen molar-refractivity contribution in [2.24, 2.45) is 5.92 Å². The molecule has 1 aromatic carbocycles. The number of nitrogens with zero attached hydrogens (tertiary/aromatic N) is 5. The van der Waals surface area contributed by atoms with Gasteiger partial charge in [-0.05, 0) is 56.6 Å². The summed E-state index contributed by atoms with van der Waals surface area (Å²) < 4.78 is 1.75. The highest BCUT2D eigenvalue weighted by molar-refractivity contribution is 7.13. The first-order chi connectivity index (χ1) is 19.4. The minimum absolute atomic E-state index is 0.132. The van der Waals surface area contributed by atoms with Crippen LogP contribution in [0.25, 0.3) is 10.4 Å². The molecule has 2 amide bonds. The van der Waals surface area contributed by atoms with Gasteiger partial charge in [-0.2, -0.15) is 0 Å². The van der Waals surface area contributed by atoms with Gasteiger partial charge in [-0.1, -0.05) is 48.7 Å². The van der Waals surface area contributed by atoms with Crippen LogP contribution in [0.5, 0.6) is 0 Å². The Balaban J connectivity index is 1.18. The molecule has 10 heteroatoms. The number of rotatable bonds is 8. The summed E-state index contributed by atoms with van der Waals surface area (Å²) in [5.74, 6) is 0.229. The van der Waals surface area contributed by atoms with Crippen molar-refractivity contribution in [2.45, 2.75) is 95.4 Å². The van der Waals surface area contributed by atoms with E-state index >= 15 is 0 Å². The number of β-amino-alcohol motifs (C(OH)–C–C–N with tert-alkyl or cyclic N) is 1. The van der Waals surface area contributed by atoms with E-state index in [1.54, 1.807) is 20.9 Å². The highest BCUT2D eigenvalue weighted by Crippen LogP contribution is 2.40. The smallest absolute Gasteiger partial charge is 0.248 e. The van der Waals surface area contributed by atoms with Gasteiger partial charge in [0.1, 0.15) is 12.1 Å². The summed E-state index contributed by atoms with van der Waals surface area (Å²) in [5.41, 5.74) is 5.88. The quantitative estimate of drug-likeness (QED) is 0.417. The third-order valence-electron chi connectivity index (χ3n) is 8.80. The molecule has 2 aromatic heterocycles. The lowest BCUT2D eigenvalue weighted by Gasteiger charge is -2.34. The Morgan fingerprint density at radius 2 is 1.85 bits per heavy atom. The van der Waals surface area contributed by atoms with Gasteiger partial charge in [0.2, 0.25) is 11.8 Å². The summed E-state index contributed by atoms with van der Waals surface area (Å²) in [5, 5.41) is 22.5. The number of carbonyl (C=O) groups excluding carboxylic acids is 2. The Morgan fingerprint density at radius 1 is 1.10 bits per heavy atom. The number of hydrogen-bond acceptors (Lipinski definition) is 7. The van der Waals surface area contributed by atoms with E-state index in [1.807, 2.05) is 37.7 Å². The molecule has 40 heavy (non-hydrogen) atoms. The zero-order chi connectivity index (χ0) is 27.8. The minimum Gasteiger partial charge on any atom is -0.391 e. The van der Waals surface area contributed by atoms with Gasteiger partial charge in [0.05, 0.1) is 33.9 Å². The van der Waals surface area contributed by atoms with E-state index in [-0.39, 0.29) is 36.7 Å². The molecule has 4 unspecified atom stereocenters. The third-order valence-corrected chi connectivity index (χ3v) is 9.78. The zero-order valence-corrected chi connectivity index (χ0v) is 24.0. The zero-order valence-electron chi connectivity index (χ0n) is 23.2. The maximum atomic E-state index is 14.2. The Morgan fingerprint density at radius 3 is 2.52 bits per heavy atom. The molecular weight excluding hydrogens is 524 g/mol. The van der Waals surface area contributed by atoms with E-state index in [0.29, 0.717) is 5.92 Å². The SMILES string of the molecule is Cc1ncsc1-c1ccc(C(C)NC(=O)C2CC(O)CN2C(=O)C(C2CCCCC2)n2cc(C3CC3)nn2)cc1. The molecular formula is C30H38N6O3S. The van der Waals surface area contributed by atoms with Crippen molar-refractivity contribution in [3.8, 4) is 10.4 Å². The minimum atomic E-state index is -0.735. The van der Waals surface area contributed by atoms with Crippen LogP contribution in [0.2, 0.25) is 0 Å². The Hall–Kier alpha value is -3.11. The second-order valence-electron chi connectivity index (χ2n) is 11.8. The van der Waals surface area contributed by atoms with Gasteiger partial charge >= 0.3 is 0 Å². The number of amides is 2. The fourth-order valence-corrected chi connectivity index (χ4v) is 7.16. The molecule has 2 saturated carbocycles. The lowest BCUT2D eigenvalue weighted by Crippen LogP contribution is -2.50. The van der Waals surface area contributed by atoms with Crippen LogP contribution in [-0.4, -0.2) is 60.5 Å². The molecule has 6 rings (SSSR count). The van der Waals surface area contributed by atoms with Gasteiger partial charge in [-0.3, -0.25) is 9.59 Å². The fourth-order valence-electron chi connectivity index (χ4n) is 6.34. The van der Waals surface area contributed by atoms with Crippen LogP contribution >= 0.6 is 11.3 Å². The van der Waals surface area contributed by atoms with Gasteiger partial charge in [0.15, 0.2) is 0 Å². The lowest BCUT2D eigenvalue weighted by molar-refractivity contribution is -0.143. The maximum Gasteiger partial charge on any atom is 0.248 e. The number of aliphatic hydroxyl groups excluding tert-OH is 1. The molecule has 1 saturated heterocycles. The van der Waals surface area contributed by atoms with Crippen LogP contribution in [0.15, 0.2) is 36.0 Å². The number of thiazole rings is 1. The standard InChI is InChI=1S/C30H38N6O3S/c1-18(20-8-12-23(13-9-20)28-19(2)31-17-40-28)32-29(38)26-14-24(37)15-35(26)30(39)27(22-6-4-3-5-7-22)36-16-25(33-34-36)21-10-11-21/h8-9,12-13,16-18,21-22,24,26-27,37H,3-7,10-11,14-15H2,1-2H3,(H,32,38). The molecule has 0 radical (unpaired) electrons. The summed E-state index contributed by atoms with van der Waals surface area (Å²) in [6.07, 6.45) is 8.94. The Kier molecular flexibility index (Phi) is 7.72. The number of carbonyl (C=O) groups is 2. The van der Waals surface area contributed by atoms with Gasteiger partial charge in [0, 0.05) is 25.1 Å². The molecule has 3 heterocycles. The summed E-state index contributed by atoms with van der Waals surface area (Å²) in [7, 11) is 0. The van der Waals surface area contributed by atoms with Crippen LogP contribution in [-0.2, 0) is 9.59 Å². The summed E-state index contributed by atoms with van der Waals surface area (Å²) in [6.45, 7) is 4.10. The van der Waals surface area contributed by atoms with Crippen LogP contribution in [0.3, 0.4) is 0 Å². The average Bonchev–Trinajstić information content (AvgIpc) is 3.33. The second-order valence-corrected chi connectivity index (χ2v) is 12.6. The van der Waals surface area contributed by atoms with E-state index in [1.165, 1.54) is 6.42 Å². The normalized spacial score (nSPS) is 23.2. The topological polar surface area (TPSA) is 113 Å². The van der Waals surface area contributed by atoms with Crippen LogP contribution < -0.4 is 5.32 Å². The molecule has 0 spiro atoms. The van der Waals surface area contributed by atoms with Crippen LogP contribution in [0.4, 0.5) is 0 Å². The molecule has 9 nitrogen and oxygen atoms in total. The van der Waals surface area contributed by atoms with Crippen molar-refractivity contribution in [1.29, 1.82) is 0 Å². The highest BCUT2D eigenvalue weighted by Gasteiger charge is 2.44. The van der Waals surface area contributed by atoms with Crippen LogP contribution in [0.1, 0.15) is 93.2 Å². The number of aromatic nitrogens is 4. The number of hydrogen-bond donors (Lipinski definition) is 2. The summed E-state index contributed by atoms with van der Waals surface area (Å²) in [6, 6.07) is 6.68. The number of benzene rings is 1. The van der Waals surface area contributed by atoms with E-state index in [4.69, 9.17) is 0 Å². The molecule has 212 valence electrons. The molecule has 3 aromatic rings. The van der Waals surface area contributed by atoms with Crippen molar-refractivity contribution >= 4 is 23.2 Å². The van der Waals surface area contributed by atoms with Gasteiger partial charge < -0.3 is 15.3 Å². The largest absolute Gasteiger partial charge is 0.391 e. The van der Waals surface area contributed by atoms with Gasteiger partial charge in [-0.15, -0.1) is 16.4 Å². The molecule has 1 aliphatic heterocycles. The van der Waals surface area contributed by atoms with Gasteiger partial charge in [0.25, 0.3) is 0 Å². The second kappa shape index (κ2) is 11.4. The number of nitrogens with one attached hydrogen (secondary N) is 1. The first kappa shape index (κ1) is 27.1. The molecule has 0 bridgehead atoms. The number of aryl methyl sites for hydroxylation is 1. The van der Waals surface area contributed by atoms with Crippen molar-refractivity contribution < 1.29 is 14.7 Å². The Labute approximate surface area is 239 Å². The van der Waals surface area contributed by atoms with E-state index < -0.39 is 18.2 Å². The van der Waals surface area contributed by atoms with Crippen molar-refractivity contribution in [2.75, 3.05) is 6.54 Å². The van der Waals surface area contributed by atoms with E-state index in [2.05, 4.69) is 32.7 Å². The fraction of sp³-hybridized carbons (Fsp3) is 0.567. The van der Waals surface area contributed by atoms with Crippen LogP contribution in [0, 0.1) is 12.8 Å². The van der Waals surface area contributed by atoms with E-state index in [0.717, 1.165) is 65.9 Å². The predicted molar refractivity (Wildman–Crippen MR) is 153 cm³/mol. The average molecular weight is 563 g/mol. The Bertz CT molecular complexity index is 1340. The molecule has 3 aliphatic rings.